The molecule has 0 radical (unpaired) electrons. The van der Waals surface area contributed by atoms with E-state index in [1.165, 1.54) is 29.6 Å². The van der Waals surface area contributed by atoms with Crippen molar-refractivity contribution in [3.05, 3.63) is 34.9 Å². The first kappa shape index (κ1) is 20.5. The van der Waals surface area contributed by atoms with Crippen LogP contribution < -0.4 is 15.0 Å². The van der Waals surface area contributed by atoms with Crippen LogP contribution in [-0.2, 0) is 11.0 Å². The van der Waals surface area contributed by atoms with Crippen LogP contribution in [0.1, 0.15) is 11.1 Å². The number of benzene rings is 1. The minimum atomic E-state index is -4.72. The number of ether oxygens (including phenoxy) is 2. The number of thiocarbonyl (C=S) groups is 1. The molecule has 0 bridgehead atoms. The number of hydrogen-bond donors (Lipinski definition) is 2. The van der Waals surface area contributed by atoms with Crippen molar-refractivity contribution in [2.24, 2.45) is 0 Å². The Bertz CT molecular complexity index is 846. The molecule has 1 aromatic rings. The van der Waals surface area contributed by atoms with Gasteiger partial charge in [0.1, 0.15) is 16.6 Å². The van der Waals surface area contributed by atoms with Gasteiger partial charge in [0.05, 0.1) is 20.8 Å². The molecule has 27 heavy (non-hydrogen) atoms. The predicted octanol–water partition coefficient (Wildman–Crippen LogP) is 2.15. The number of hydroxylamine groups is 1. The second-order valence-corrected chi connectivity index (χ2v) is 5.83. The summed E-state index contributed by atoms with van der Waals surface area (Å²) in [6.07, 6.45) is 2.00. The summed E-state index contributed by atoms with van der Waals surface area (Å²) in [7, 11) is 2.29. The van der Waals surface area contributed by atoms with E-state index in [1.54, 1.807) is 0 Å². The molecule has 0 aromatic heterocycles. The number of halogens is 3. The van der Waals surface area contributed by atoms with Gasteiger partial charge in [0.2, 0.25) is 0 Å². The van der Waals surface area contributed by atoms with Crippen LogP contribution in [0.25, 0.3) is 0 Å². The number of nitrogens with zero attached hydrogens (tertiary/aromatic N) is 1. The highest BCUT2D eigenvalue weighted by atomic mass is 32.1. The van der Waals surface area contributed by atoms with Gasteiger partial charge in [-0.15, -0.1) is 6.42 Å². The molecule has 1 aliphatic rings. The van der Waals surface area contributed by atoms with Gasteiger partial charge in [-0.05, 0) is 18.2 Å². The SMILES string of the molecule is C#CC1=C[C@H](C(=O)NO)N(C(=S)c2cc(OC)c(OC)c(C(F)(F)F)c2)C1. The maximum atomic E-state index is 13.4. The van der Waals surface area contributed by atoms with Crippen molar-refractivity contribution in [2.75, 3.05) is 20.8 Å². The lowest BCUT2D eigenvalue weighted by Crippen LogP contribution is -2.45. The van der Waals surface area contributed by atoms with Crippen LogP contribution in [0.3, 0.4) is 0 Å². The highest BCUT2D eigenvalue weighted by molar-refractivity contribution is 7.80. The summed E-state index contributed by atoms with van der Waals surface area (Å²) in [6, 6.07) is 1.03. The van der Waals surface area contributed by atoms with Crippen molar-refractivity contribution < 1.29 is 32.6 Å². The quantitative estimate of drug-likeness (QED) is 0.349. The number of terminal acetylenes is 1. The van der Waals surface area contributed by atoms with Gasteiger partial charge < -0.3 is 14.4 Å². The Morgan fingerprint density at radius 2 is 2.07 bits per heavy atom. The van der Waals surface area contributed by atoms with E-state index in [9.17, 15) is 18.0 Å². The number of carbonyl (C=O) groups is 1. The van der Waals surface area contributed by atoms with E-state index in [0.29, 0.717) is 5.57 Å². The summed E-state index contributed by atoms with van der Waals surface area (Å²) in [5, 5.41) is 8.89. The maximum absolute atomic E-state index is 13.4. The third-order valence-electron chi connectivity index (χ3n) is 3.89. The molecule has 0 unspecified atom stereocenters. The zero-order chi connectivity index (χ0) is 20.4. The van der Waals surface area contributed by atoms with E-state index in [2.05, 4.69) is 5.92 Å². The standard InChI is InChI=1S/C17H15F3N2O4S/c1-4-9-5-12(15(23)21-24)22(8-9)16(27)10-6-11(17(18,19)20)14(26-3)13(7-10)25-2/h1,5-7,12,24H,8H2,2-3H3,(H,21,23)/t12-/m1/s1. The predicted molar refractivity (Wildman–Crippen MR) is 93.6 cm³/mol. The molecule has 10 heteroatoms. The first-order valence-electron chi connectivity index (χ1n) is 7.43. The lowest BCUT2D eigenvalue weighted by molar-refractivity contribution is -0.139. The van der Waals surface area contributed by atoms with Crippen molar-refractivity contribution in [3.8, 4) is 23.8 Å². The summed E-state index contributed by atoms with van der Waals surface area (Å²) in [5.41, 5.74) is 0.800. The number of nitrogens with one attached hydrogen (secondary N) is 1. The first-order valence-corrected chi connectivity index (χ1v) is 7.84. The van der Waals surface area contributed by atoms with Gasteiger partial charge in [0.25, 0.3) is 5.91 Å². The van der Waals surface area contributed by atoms with Crippen molar-refractivity contribution >= 4 is 23.1 Å². The average Bonchev–Trinajstić information content (AvgIpc) is 3.09. The minimum absolute atomic E-state index is 0.0163. The van der Waals surface area contributed by atoms with Gasteiger partial charge in [0, 0.05) is 11.1 Å². The average molecular weight is 400 g/mol. The lowest BCUT2D eigenvalue weighted by atomic mass is 10.1. The molecule has 144 valence electrons. The Morgan fingerprint density at radius 3 is 2.56 bits per heavy atom. The van der Waals surface area contributed by atoms with Crippen LogP contribution in [0.4, 0.5) is 13.2 Å². The van der Waals surface area contributed by atoms with E-state index < -0.39 is 29.4 Å². The van der Waals surface area contributed by atoms with E-state index in [-0.39, 0.29) is 22.8 Å². The summed E-state index contributed by atoms with van der Waals surface area (Å²) >= 11 is 5.29. The van der Waals surface area contributed by atoms with Gasteiger partial charge in [-0.1, -0.05) is 18.1 Å². The third-order valence-corrected chi connectivity index (χ3v) is 4.36. The normalized spacial score (nSPS) is 16.4. The van der Waals surface area contributed by atoms with Crippen molar-refractivity contribution in [3.63, 3.8) is 0 Å². The number of methoxy groups -OCH3 is 2. The van der Waals surface area contributed by atoms with Crippen LogP contribution in [-0.4, -0.2) is 47.8 Å². The molecule has 1 aromatic carbocycles. The van der Waals surface area contributed by atoms with Crippen molar-refractivity contribution in [2.45, 2.75) is 12.2 Å². The van der Waals surface area contributed by atoms with Crippen LogP contribution in [0.5, 0.6) is 11.5 Å². The zero-order valence-corrected chi connectivity index (χ0v) is 15.1. The van der Waals surface area contributed by atoms with Gasteiger partial charge in [0.15, 0.2) is 11.5 Å². The highest BCUT2D eigenvalue weighted by Crippen LogP contribution is 2.42. The smallest absolute Gasteiger partial charge is 0.420 e. The van der Waals surface area contributed by atoms with E-state index in [1.807, 2.05) is 0 Å². The highest BCUT2D eigenvalue weighted by Gasteiger charge is 2.38. The molecule has 0 fully saturated rings. The van der Waals surface area contributed by atoms with Gasteiger partial charge in [-0.3, -0.25) is 10.0 Å². The summed E-state index contributed by atoms with van der Waals surface area (Å²) in [4.78, 5) is 13.1. The molecule has 6 nitrogen and oxygen atoms in total. The number of hydrogen-bond acceptors (Lipinski definition) is 5. The fraction of sp³-hybridized carbons (Fsp3) is 0.294. The Kier molecular flexibility index (Phi) is 5.98. The van der Waals surface area contributed by atoms with Gasteiger partial charge >= 0.3 is 6.18 Å². The fourth-order valence-electron chi connectivity index (χ4n) is 2.65. The Morgan fingerprint density at radius 1 is 1.41 bits per heavy atom. The first-order chi connectivity index (χ1) is 12.7. The molecule has 0 spiro atoms. The number of amides is 1. The zero-order valence-electron chi connectivity index (χ0n) is 14.3. The van der Waals surface area contributed by atoms with Gasteiger partial charge in [-0.2, -0.15) is 13.2 Å². The topological polar surface area (TPSA) is 71.0 Å². The van der Waals surface area contributed by atoms with Crippen LogP contribution >= 0.6 is 12.2 Å². The second-order valence-electron chi connectivity index (χ2n) is 5.45. The van der Waals surface area contributed by atoms with Crippen LogP contribution in [0, 0.1) is 12.3 Å². The molecular weight excluding hydrogens is 385 g/mol. The largest absolute Gasteiger partial charge is 0.493 e. The molecule has 1 aliphatic heterocycles. The Hall–Kier alpha value is -2.77. The fourth-order valence-corrected chi connectivity index (χ4v) is 2.95. The number of rotatable bonds is 4. The van der Waals surface area contributed by atoms with Gasteiger partial charge in [-0.25, -0.2) is 5.48 Å². The summed E-state index contributed by atoms with van der Waals surface area (Å²) < 4.78 is 50.1. The summed E-state index contributed by atoms with van der Waals surface area (Å²) in [6.45, 7) is 0.0309. The molecule has 0 aliphatic carbocycles. The molecule has 1 atom stereocenters. The molecule has 2 N–H and O–H groups in total. The lowest BCUT2D eigenvalue weighted by Gasteiger charge is -2.26. The number of carbonyl (C=O) groups excluding carboxylic acids is 1. The van der Waals surface area contributed by atoms with E-state index in [4.69, 9.17) is 33.3 Å². The summed E-state index contributed by atoms with van der Waals surface area (Å²) in [5.74, 6) is 0.888. The molecule has 1 heterocycles. The van der Waals surface area contributed by atoms with Crippen LogP contribution in [0.2, 0.25) is 0 Å². The number of alkyl halides is 3. The third kappa shape index (κ3) is 3.99. The maximum Gasteiger partial charge on any atom is 0.420 e. The molecule has 0 saturated heterocycles. The van der Waals surface area contributed by atoms with Crippen LogP contribution in [0.15, 0.2) is 23.8 Å². The molecule has 0 saturated carbocycles. The monoisotopic (exact) mass is 400 g/mol. The van der Waals surface area contributed by atoms with E-state index in [0.717, 1.165) is 13.2 Å². The molecule has 1 amide bonds. The van der Waals surface area contributed by atoms with Crippen molar-refractivity contribution in [1.82, 2.24) is 10.4 Å². The second kappa shape index (κ2) is 7.85. The molecule has 2 rings (SSSR count). The Balaban J connectivity index is 2.53. The van der Waals surface area contributed by atoms with E-state index >= 15 is 0 Å². The van der Waals surface area contributed by atoms with Crippen molar-refractivity contribution in [1.29, 1.82) is 0 Å². The Labute approximate surface area is 158 Å². The minimum Gasteiger partial charge on any atom is -0.493 e. The molecular formula is C17H15F3N2O4S.